The number of nitrogens with one attached hydrogen (secondary N) is 1. The summed E-state index contributed by atoms with van der Waals surface area (Å²) in [5.74, 6) is 0.185. The number of phenols is 1. The maximum Gasteiger partial charge on any atom is 0.255 e. The second-order valence-corrected chi connectivity index (χ2v) is 4.02. The minimum absolute atomic E-state index is 0.149. The van der Waals surface area contributed by atoms with Crippen molar-refractivity contribution in [3.63, 3.8) is 0 Å². The number of pyridine rings is 1. The molecule has 2 N–H and O–H groups in total. The number of benzene rings is 1. The summed E-state index contributed by atoms with van der Waals surface area (Å²) < 4.78 is 0.810. The van der Waals surface area contributed by atoms with E-state index in [0.29, 0.717) is 5.56 Å². The molecule has 1 aromatic carbocycles. The van der Waals surface area contributed by atoms with Gasteiger partial charge in [-0.25, -0.2) is 0 Å². The van der Waals surface area contributed by atoms with Gasteiger partial charge in [0.2, 0.25) is 0 Å². The summed E-state index contributed by atoms with van der Waals surface area (Å²) in [7, 11) is 0. The number of hydrogen-bond acceptors (Lipinski definition) is 2. The van der Waals surface area contributed by atoms with Gasteiger partial charge in [0.25, 0.3) is 5.56 Å². The third kappa shape index (κ3) is 2.10. The lowest BCUT2D eigenvalue weighted by Gasteiger charge is -2.01. The maximum atomic E-state index is 11.5. The molecule has 1 heterocycles. The van der Waals surface area contributed by atoms with Crippen molar-refractivity contribution < 1.29 is 5.11 Å². The van der Waals surface area contributed by atoms with Crippen molar-refractivity contribution in [3.8, 4) is 16.9 Å². The van der Waals surface area contributed by atoms with E-state index in [9.17, 15) is 4.79 Å². The summed E-state index contributed by atoms with van der Waals surface area (Å²) in [5, 5.41) is 9.13. The molecule has 2 rings (SSSR count). The second kappa shape index (κ2) is 3.90. The van der Waals surface area contributed by atoms with E-state index in [-0.39, 0.29) is 11.3 Å². The van der Waals surface area contributed by atoms with Crippen LogP contribution in [0.5, 0.6) is 5.75 Å². The van der Waals surface area contributed by atoms with Crippen molar-refractivity contribution in [2.24, 2.45) is 0 Å². The van der Waals surface area contributed by atoms with Gasteiger partial charge < -0.3 is 10.1 Å². The molecule has 0 unspecified atom stereocenters. The fourth-order valence-corrected chi connectivity index (χ4v) is 1.66. The van der Waals surface area contributed by atoms with Gasteiger partial charge in [0.15, 0.2) is 0 Å². The van der Waals surface area contributed by atoms with Crippen LogP contribution in [0.4, 0.5) is 0 Å². The summed E-state index contributed by atoms with van der Waals surface area (Å²) in [6.45, 7) is 0. The van der Waals surface area contributed by atoms with Crippen LogP contribution >= 0.6 is 15.9 Å². The van der Waals surface area contributed by atoms with Crippen LogP contribution in [-0.4, -0.2) is 10.1 Å². The molecule has 0 aliphatic carbocycles. The van der Waals surface area contributed by atoms with Gasteiger partial charge in [-0.05, 0) is 39.7 Å². The van der Waals surface area contributed by atoms with Crippen molar-refractivity contribution in [3.05, 3.63) is 51.4 Å². The highest BCUT2D eigenvalue weighted by atomic mass is 79.9. The van der Waals surface area contributed by atoms with Crippen LogP contribution in [0.25, 0.3) is 11.1 Å². The number of aromatic amines is 1. The molecule has 0 aliphatic heterocycles. The fraction of sp³-hybridized carbons (Fsp3) is 0. The van der Waals surface area contributed by atoms with Crippen LogP contribution in [0.3, 0.4) is 0 Å². The number of aromatic nitrogens is 1. The Kier molecular flexibility index (Phi) is 2.60. The third-order valence-corrected chi connectivity index (χ3v) is 2.50. The van der Waals surface area contributed by atoms with E-state index in [1.165, 1.54) is 0 Å². The van der Waals surface area contributed by atoms with Crippen molar-refractivity contribution >= 4 is 15.9 Å². The molecule has 0 radical (unpaired) electrons. The highest BCUT2D eigenvalue weighted by molar-refractivity contribution is 9.10. The fourth-order valence-electron chi connectivity index (χ4n) is 1.31. The lowest BCUT2D eigenvalue weighted by molar-refractivity contribution is 0.475. The van der Waals surface area contributed by atoms with Gasteiger partial charge >= 0.3 is 0 Å². The van der Waals surface area contributed by atoms with Gasteiger partial charge in [-0.2, -0.15) is 0 Å². The number of phenolic OH excluding ortho intramolecular Hbond substituents is 1. The molecule has 3 nitrogen and oxygen atoms in total. The predicted molar refractivity (Wildman–Crippen MR) is 61.9 cm³/mol. The van der Waals surface area contributed by atoms with Gasteiger partial charge in [-0.1, -0.05) is 12.1 Å². The molecule has 2 aromatic rings. The maximum absolute atomic E-state index is 11.5. The number of halogens is 1. The number of aromatic hydroxyl groups is 1. The molecule has 0 saturated carbocycles. The minimum Gasteiger partial charge on any atom is -0.508 e. The number of hydrogen-bond donors (Lipinski definition) is 2. The quantitative estimate of drug-likeness (QED) is 0.833. The first-order chi connectivity index (χ1) is 7.16. The average molecular weight is 266 g/mol. The van der Waals surface area contributed by atoms with Crippen LogP contribution in [0.2, 0.25) is 0 Å². The average Bonchev–Trinajstić information content (AvgIpc) is 2.23. The monoisotopic (exact) mass is 265 g/mol. The van der Waals surface area contributed by atoms with Gasteiger partial charge in [0, 0.05) is 16.2 Å². The normalized spacial score (nSPS) is 10.2. The molecule has 1 aromatic heterocycles. The van der Waals surface area contributed by atoms with Crippen molar-refractivity contribution in [2.45, 2.75) is 0 Å². The molecule has 0 amide bonds. The molecule has 0 fully saturated rings. The zero-order valence-electron chi connectivity index (χ0n) is 7.70. The Labute approximate surface area is 94.5 Å². The van der Waals surface area contributed by atoms with Crippen LogP contribution in [0.1, 0.15) is 0 Å². The van der Waals surface area contributed by atoms with Gasteiger partial charge in [0.05, 0.1) is 0 Å². The summed E-state index contributed by atoms with van der Waals surface area (Å²) >= 11 is 3.29. The minimum atomic E-state index is -0.149. The van der Waals surface area contributed by atoms with Gasteiger partial charge in [0.1, 0.15) is 5.75 Å². The standard InChI is InChI=1S/C11H8BrNO2/c12-8-5-10(11(15)13-6-8)7-1-3-9(14)4-2-7/h1-6,14H,(H,13,15). The molecule has 15 heavy (non-hydrogen) atoms. The highest BCUT2D eigenvalue weighted by Gasteiger charge is 2.03. The topological polar surface area (TPSA) is 53.1 Å². The molecule has 0 spiro atoms. The van der Waals surface area contributed by atoms with Crippen LogP contribution in [-0.2, 0) is 0 Å². The van der Waals surface area contributed by atoms with E-state index in [0.717, 1.165) is 10.0 Å². The molecular weight excluding hydrogens is 258 g/mol. The van der Waals surface area contributed by atoms with E-state index in [1.807, 2.05) is 0 Å². The predicted octanol–water partition coefficient (Wildman–Crippen LogP) is 2.51. The Morgan fingerprint density at radius 1 is 1.20 bits per heavy atom. The lowest BCUT2D eigenvalue weighted by Crippen LogP contribution is -2.07. The van der Waals surface area contributed by atoms with E-state index >= 15 is 0 Å². The molecule has 0 aliphatic rings. The molecule has 76 valence electrons. The van der Waals surface area contributed by atoms with E-state index in [2.05, 4.69) is 20.9 Å². The summed E-state index contributed by atoms with van der Waals surface area (Å²) in [6, 6.07) is 8.25. The van der Waals surface area contributed by atoms with E-state index in [1.54, 1.807) is 36.5 Å². The van der Waals surface area contributed by atoms with Gasteiger partial charge in [-0.3, -0.25) is 4.79 Å². The van der Waals surface area contributed by atoms with Crippen molar-refractivity contribution in [1.29, 1.82) is 0 Å². The second-order valence-electron chi connectivity index (χ2n) is 3.11. The molecule has 4 heteroatoms. The molecular formula is C11H8BrNO2. The SMILES string of the molecule is O=c1[nH]cc(Br)cc1-c1ccc(O)cc1. The van der Waals surface area contributed by atoms with Gasteiger partial charge in [-0.15, -0.1) is 0 Å². The largest absolute Gasteiger partial charge is 0.508 e. The van der Waals surface area contributed by atoms with E-state index in [4.69, 9.17) is 5.11 Å². The van der Waals surface area contributed by atoms with Crippen LogP contribution in [0.15, 0.2) is 45.8 Å². The summed E-state index contributed by atoms with van der Waals surface area (Å²) in [6.07, 6.45) is 1.59. The Morgan fingerprint density at radius 2 is 1.87 bits per heavy atom. The van der Waals surface area contributed by atoms with E-state index < -0.39 is 0 Å². The van der Waals surface area contributed by atoms with Crippen molar-refractivity contribution in [2.75, 3.05) is 0 Å². The van der Waals surface area contributed by atoms with Crippen molar-refractivity contribution in [1.82, 2.24) is 4.98 Å². The number of rotatable bonds is 1. The first-order valence-electron chi connectivity index (χ1n) is 4.34. The van der Waals surface area contributed by atoms with Crippen LogP contribution < -0.4 is 5.56 Å². The zero-order valence-corrected chi connectivity index (χ0v) is 9.28. The zero-order chi connectivity index (χ0) is 10.8. The highest BCUT2D eigenvalue weighted by Crippen LogP contribution is 2.20. The third-order valence-electron chi connectivity index (χ3n) is 2.05. The Balaban J connectivity index is 2.58. The first kappa shape index (κ1) is 9.98. The summed E-state index contributed by atoms with van der Waals surface area (Å²) in [4.78, 5) is 14.1. The molecule has 0 atom stereocenters. The lowest BCUT2D eigenvalue weighted by atomic mass is 10.1. The van der Waals surface area contributed by atoms with Crippen LogP contribution in [0, 0.1) is 0 Å². The Morgan fingerprint density at radius 3 is 2.53 bits per heavy atom. The smallest absolute Gasteiger partial charge is 0.255 e. The number of H-pyrrole nitrogens is 1. The first-order valence-corrected chi connectivity index (χ1v) is 5.14. The molecule has 0 bridgehead atoms. The Bertz CT molecular complexity index is 531. The summed E-state index contributed by atoms with van der Waals surface area (Å²) in [5.41, 5.74) is 1.20. The molecule has 0 saturated heterocycles. The Hall–Kier alpha value is -1.55.